The molecule has 0 aromatic heterocycles. The topological polar surface area (TPSA) is 87.3 Å². The summed E-state index contributed by atoms with van der Waals surface area (Å²) in [6.07, 6.45) is -3.20. The number of thioether (sulfide) groups is 1. The number of anilines is 2. The van der Waals surface area contributed by atoms with Gasteiger partial charge in [0.25, 0.3) is 11.8 Å². The van der Waals surface area contributed by atoms with E-state index in [9.17, 15) is 31.9 Å². The van der Waals surface area contributed by atoms with Crippen molar-refractivity contribution in [2.45, 2.75) is 23.2 Å². The zero-order valence-corrected chi connectivity index (χ0v) is 23.4. The highest BCUT2D eigenvalue weighted by atomic mass is 32.2. The van der Waals surface area contributed by atoms with Crippen LogP contribution in [0.4, 0.5) is 28.9 Å². The maximum atomic E-state index is 13.4. The van der Waals surface area contributed by atoms with Gasteiger partial charge in [0, 0.05) is 16.1 Å². The van der Waals surface area contributed by atoms with Crippen LogP contribution in [0.1, 0.15) is 28.4 Å². The van der Waals surface area contributed by atoms with Gasteiger partial charge in [-0.1, -0.05) is 42.5 Å². The highest BCUT2D eigenvalue weighted by molar-refractivity contribution is 8.00. The van der Waals surface area contributed by atoms with Gasteiger partial charge in [-0.2, -0.15) is 13.2 Å². The molecular formula is C32H25F4N3O3S. The summed E-state index contributed by atoms with van der Waals surface area (Å²) in [6.45, 7) is 1.56. The molecule has 0 bridgehead atoms. The van der Waals surface area contributed by atoms with E-state index < -0.39 is 40.5 Å². The molecule has 11 heteroatoms. The molecule has 0 aliphatic rings. The van der Waals surface area contributed by atoms with Crippen molar-refractivity contribution < 1.29 is 31.9 Å². The molecule has 0 radical (unpaired) electrons. The Kier molecular flexibility index (Phi) is 9.99. The second-order valence-electron chi connectivity index (χ2n) is 9.20. The Bertz CT molecular complexity index is 1620. The molecule has 0 aliphatic heterocycles. The number of carbonyl (C=O) groups excluding carboxylic acids is 3. The summed E-state index contributed by atoms with van der Waals surface area (Å²) in [5.74, 6) is -2.21. The summed E-state index contributed by atoms with van der Waals surface area (Å²) >= 11 is 1.12. The third kappa shape index (κ3) is 8.79. The van der Waals surface area contributed by atoms with Crippen molar-refractivity contribution in [2.75, 3.05) is 10.6 Å². The number of rotatable bonds is 9. The van der Waals surface area contributed by atoms with Gasteiger partial charge >= 0.3 is 6.18 Å². The fraction of sp³-hybridized carbons (Fsp3) is 0.0938. The van der Waals surface area contributed by atoms with E-state index in [1.807, 2.05) is 0 Å². The van der Waals surface area contributed by atoms with Crippen LogP contribution in [0, 0.1) is 5.82 Å². The summed E-state index contributed by atoms with van der Waals surface area (Å²) in [7, 11) is 0. The average Bonchev–Trinajstić information content (AvgIpc) is 2.99. The molecule has 0 saturated heterocycles. The van der Waals surface area contributed by atoms with E-state index in [0.717, 1.165) is 17.8 Å². The van der Waals surface area contributed by atoms with E-state index in [1.54, 1.807) is 61.5 Å². The van der Waals surface area contributed by atoms with Crippen LogP contribution in [-0.2, 0) is 15.8 Å². The molecule has 0 saturated carbocycles. The number of nitrogens with one attached hydrogen (secondary N) is 3. The molecule has 220 valence electrons. The first kappa shape index (κ1) is 31.0. The van der Waals surface area contributed by atoms with E-state index in [0.29, 0.717) is 21.7 Å². The summed E-state index contributed by atoms with van der Waals surface area (Å²) < 4.78 is 53.2. The average molecular weight is 608 g/mol. The molecule has 0 aliphatic carbocycles. The van der Waals surface area contributed by atoms with Gasteiger partial charge in [-0.25, -0.2) is 4.39 Å². The third-order valence-electron chi connectivity index (χ3n) is 5.99. The number of hydrogen-bond donors (Lipinski definition) is 3. The second-order valence-corrected chi connectivity index (χ2v) is 10.6. The van der Waals surface area contributed by atoms with Crippen LogP contribution in [0.2, 0.25) is 0 Å². The van der Waals surface area contributed by atoms with E-state index >= 15 is 0 Å². The number of alkyl halides is 3. The number of halogens is 4. The number of benzene rings is 4. The Labute approximate surface area is 249 Å². The Morgan fingerprint density at radius 1 is 0.791 bits per heavy atom. The lowest BCUT2D eigenvalue weighted by molar-refractivity contribution is -0.137. The van der Waals surface area contributed by atoms with Crippen molar-refractivity contribution in [3.8, 4) is 0 Å². The molecule has 4 aromatic carbocycles. The van der Waals surface area contributed by atoms with E-state index in [-0.39, 0.29) is 11.4 Å². The number of hydrogen-bond acceptors (Lipinski definition) is 4. The van der Waals surface area contributed by atoms with Crippen LogP contribution < -0.4 is 16.0 Å². The molecule has 0 fully saturated rings. The first-order chi connectivity index (χ1) is 20.5. The van der Waals surface area contributed by atoms with Gasteiger partial charge in [0.15, 0.2) is 0 Å². The second kappa shape index (κ2) is 13.8. The quantitative estimate of drug-likeness (QED) is 0.105. The molecule has 4 rings (SSSR count). The van der Waals surface area contributed by atoms with Crippen molar-refractivity contribution >= 4 is 46.9 Å². The number of amides is 3. The zero-order chi connectivity index (χ0) is 31.0. The molecule has 6 nitrogen and oxygen atoms in total. The summed E-state index contributed by atoms with van der Waals surface area (Å²) in [6, 6.07) is 24.9. The number of para-hydroxylation sites is 1. The van der Waals surface area contributed by atoms with E-state index in [2.05, 4.69) is 16.0 Å². The fourth-order valence-corrected chi connectivity index (χ4v) is 4.68. The van der Waals surface area contributed by atoms with Crippen molar-refractivity contribution in [1.82, 2.24) is 5.32 Å². The number of carbonyl (C=O) groups is 3. The fourth-order valence-electron chi connectivity index (χ4n) is 3.81. The smallest absolute Gasteiger partial charge is 0.325 e. The molecule has 4 aromatic rings. The van der Waals surface area contributed by atoms with Crippen molar-refractivity contribution in [1.29, 1.82) is 0 Å². The Hall–Kier alpha value is -4.90. The standard InChI is InChI=1S/C32H25F4N3O3S/c1-20(29(40)38-27-10-6-5-9-26(27)32(34,35)36)43-25-17-15-24(16-18-25)37-31(42)28(19-21-11-13-23(33)14-12-21)39-30(41)22-7-3-2-4-8-22/h2-20H,1H3,(H,37,42)(H,38,40)(H,39,41)/b28-19-. The highest BCUT2D eigenvalue weighted by Gasteiger charge is 2.34. The SMILES string of the molecule is CC(Sc1ccc(NC(=O)/C(=C/c2ccc(F)cc2)NC(=O)c2ccccc2)cc1)C(=O)Nc1ccccc1C(F)(F)F. The minimum Gasteiger partial charge on any atom is -0.325 e. The van der Waals surface area contributed by atoms with Gasteiger partial charge in [-0.3, -0.25) is 14.4 Å². The minimum absolute atomic E-state index is 0.0802. The molecule has 3 N–H and O–H groups in total. The first-order valence-corrected chi connectivity index (χ1v) is 13.8. The van der Waals surface area contributed by atoms with Crippen LogP contribution in [0.15, 0.2) is 114 Å². The van der Waals surface area contributed by atoms with Gasteiger partial charge in [0.05, 0.1) is 16.5 Å². The van der Waals surface area contributed by atoms with Gasteiger partial charge in [-0.05, 0) is 79.2 Å². The lowest BCUT2D eigenvalue weighted by atomic mass is 10.1. The molecule has 0 spiro atoms. The largest absolute Gasteiger partial charge is 0.418 e. The van der Waals surface area contributed by atoms with Gasteiger partial charge in [0.2, 0.25) is 5.91 Å². The van der Waals surface area contributed by atoms with Crippen molar-refractivity contribution in [3.05, 3.63) is 131 Å². The Morgan fingerprint density at radius 3 is 2.07 bits per heavy atom. The van der Waals surface area contributed by atoms with Crippen molar-refractivity contribution in [2.24, 2.45) is 0 Å². The summed E-state index contributed by atoms with van der Waals surface area (Å²) in [5.41, 5.74) is -0.144. The first-order valence-electron chi connectivity index (χ1n) is 12.9. The maximum absolute atomic E-state index is 13.4. The maximum Gasteiger partial charge on any atom is 0.418 e. The normalized spacial score (nSPS) is 12.3. The van der Waals surface area contributed by atoms with Crippen LogP contribution in [0.5, 0.6) is 0 Å². The molecule has 0 heterocycles. The van der Waals surface area contributed by atoms with Crippen molar-refractivity contribution in [3.63, 3.8) is 0 Å². The Morgan fingerprint density at radius 2 is 1.42 bits per heavy atom. The van der Waals surface area contributed by atoms with Crippen LogP contribution in [0.25, 0.3) is 6.08 Å². The lowest BCUT2D eigenvalue weighted by Crippen LogP contribution is -2.30. The van der Waals surface area contributed by atoms with Gasteiger partial charge in [-0.15, -0.1) is 11.8 Å². The molecular weight excluding hydrogens is 582 g/mol. The van der Waals surface area contributed by atoms with Gasteiger partial charge < -0.3 is 16.0 Å². The van der Waals surface area contributed by atoms with Crippen LogP contribution in [0.3, 0.4) is 0 Å². The Balaban J connectivity index is 1.43. The summed E-state index contributed by atoms with van der Waals surface area (Å²) in [4.78, 5) is 39.2. The summed E-state index contributed by atoms with van der Waals surface area (Å²) in [5, 5.41) is 6.90. The van der Waals surface area contributed by atoms with E-state index in [4.69, 9.17) is 0 Å². The molecule has 1 atom stereocenters. The molecule has 1 unspecified atom stereocenters. The predicted octanol–water partition coefficient (Wildman–Crippen LogP) is 7.37. The highest BCUT2D eigenvalue weighted by Crippen LogP contribution is 2.35. The molecule has 43 heavy (non-hydrogen) atoms. The van der Waals surface area contributed by atoms with Crippen LogP contribution >= 0.6 is 11.8 Å². The minimum atomic E-state index is -4.61. The third-order valence-corrected chi connectivity index (χ3v) is 7.11. The monoisotopic (exact) mass is 607 g/mol. The van der Waals surface area contributed by atoms with Gasteiger partial charge in [0.1, 0.15) is 11.5 Å². The van der Waals surface area contributed by atoms with E-state index in [1.165, 1.54) is 48.5 Å². The molecule has 3 amide bonds. The lowest BCUT2D eigenvalue weighted by Gasteiger charge is -2.16. The predicted molar refractivity (Wildman–Crippen MR) is 159 cm³/mol. The van der Waals surface area contributed by atoms with Crippen LogP contribution in [-0.4, -0.2) is 23.0 Å². The zero-order valence-electron chi connectivity index (χ0n) is 22.6.